The van der Waals surface area contributed by atoms with Crippen LogP contribution in [0.25, 0.3) is 0 Å². The summed E-state index contributed by atoms with van der Waals surface area (Å²) in [6.07, 6.45) is 0.615. The molecule has 0 aliphatic rings. The Balaban J connectivity index is 2.14. The van der Waals surface area contributed by atoms with E-state index < -0.39 is 11.8 Å². The van der Waals surface area contributed by atoms with E-state index in [1.807, 2.05) is 6.92 Å². The second-order valence-electron chi connectivity index (χ2n) is 3.69. The van der Waals surface area contributed by atoms with Gasteiger partial charge in [-0.3, -0.25) is 0 Å². The van der Waals surface area contributed by atoms with Crippen molar-refractivity contribution in [3.05, 3.63) is 41.3 Å². The van der Waals surface area contributed by atoms with Crippen LogP contribution < -0.4 is 4.74 Å². The molecule has 0 amide bonds. The maximum Gasteiger partial charge on any atom is 0.339 e. The van der Waals surface area contributed by atoms with Gasteiger partial charge in [0, 0.05) is 12.5 Å². The number of nitrogens with zero attached hydrogens (tertiary/aromatic N) is 2. The van der Waals surface area contributed by atoms with Crippen LogP contribution in [0, 0.1) is 5.82 Å². The smallest absolute Gasteiger partial charge is 0.339 e. The molecule has 0 saturated carbocycles. The highest BCUT2D eigenvalue weighted by Gasteiger charge is 2.14. The number of carbonyl (C=O) groups is 1. The van der Waals surface area contributed by atoms with Crippen LogP contribution in [0.15, 0.2) is 22.7 Å². The first-order chi connectivity index (χ1) is 9.10. The maximum absolute atomic E-state index is 13.1. The van der Waals surface area contributed by atoms with Gasteiger partial charge in [-0.2, -0.15) is 4.98 Å². The minimum Gasteiger partial charge on any atom is -0.483 e. The molecule has 0 saturated heterocycles. The zero-order valence-electron chi connectivity index (χ0n) is 10.1. The largest absolute Gasteiger partial charge is 0.483 e. The van der Waals surface area contributed by atoms with Crippen molar-refractivity contribution in [2.45, 2.75) is 20.0 Å². The molecule has 0 atom stereocenters. The molecule has 1 N–H and O–H groups in total. The van der Waals surface area contributed by atoms with Crippen molar-refractivity contribution in [1.29, 1.82) is 0 Å². The Morgan fingerprint density at radius 2 is 2.32 bits per heavy atom. The quantitative estimate of drug-likeness (QED) is 0.891. The molecule has 7 heteroatoms. The molecule has 0 unspecified atom stereocenters. The number of carboxylic acids is 1. The van der Waals surface area contributed by atoms with Crippen LogP contribution in [0.2, 0.25) is 0 Å². The summed E-state index contributed by atoms with van der Waals surface area (Å²) in [7, 11) is 0. The van der Waals surface area contributed by atoms with Crippen molar-refractivity contribution in [2.75, 3.05) is 0 Å². The van der Waals surface area contributed by atoms with E-state index in [0.717, 1.165) is 18.2 Å². The first kappa shape index (κ1) is 13.0. The fraction of sp³-hybridized carbons (Fsp3) is 0.250. The summed E-state index contributed by atoms with van der Waals surface area (Å²) in [4.78, 5) is 14.9. The summed E-state index contributed by atoms with van der Waals surface area (Å²) in [6, 6.07) is 3.19. The van der Waals surface area contributed by atoms with Crippen LogP contribution in [0.5, 0.6) is 5.75 Å². The molecule has 0 spiro atoms. The maximum atomic E-state index is 13.1. The summed E-state index contributed by atoms with van der Waals surface area (Å²) in [5.41, 5.74) is -0.128. The van der Waals surface area contributed by atoms with E-state index in [1.165, 1.54) is 0 Å². The summed E-state index contributed by atoms with van der Waals surface area (Å²) in [5.74, 6) is -1.13. The summed E-state index contributed by atoms with van der Waals surface area (Å²) < 4.78 is 23.2. The Morgan fingerprint density at radius 3 is 2.95 bits per heavy atom. The van der Waals surface area contributed by atoms with Crippen molar-refractivity contribution in [3.63, 3.8) is 0 Å². The minimum absolute atomic E-state index is 0.0799. The number of halogens is 1. The Hall–Kier alpha value is -2.44. The van der Waals surface area contributed by atoms with Crippen LogP contribution in [0.3, 0.4) is 0 Å². The third-order valence-corrected chi connectivity index (χ3v) is 2.35. The van der Waals surface area contributed by atoms with Crippen LogP contribution in [0.1, 0.15) is 29.0 Å². The van der Waals surface area contributed by atoms with E-state index in [4.69, 9.17) is 14.4 Å². The van der Waals surface area contributed by atoms with Gasteiger partial charge < -0.3 is 14.4 Å². The average Bonchev–Trinajstić information content (AvgIpc) is 2.84. The lowest BCUT2D eigenvalue weighted by atomic mass is 10.2. The molecule has 1 heterocycles. The third kappa shape index (κ3) is 3.06. The van der Waals surface area contributed by atoms with Gasteiger partial charge >= 0.3 is 5.97 Å². The Morgan fingerprint density at radius 1 is 1.53 bits per heavy atom. The highest BCUT2D eigenvalue weighted by Crippen LogP contribution is 2.21. The number of benzene rings is 1. The Bertz CT molecular complexity index is 597. The highest BCUT2D eigenvalue weighted by molar-refractivity contribution is 5.90. The first-order valence-electron chi connectivity index (χ1n) is 5.57. The topological polar surface area (TPSA) is 85.5 Å². The molecule has 6 nitrogen and oxygen atoms in total. The average molecular weight is 266 g/mol. The molecule has 1 aromatic heterocycles. The van der Waals surface area contributed by atoms with Crippen molar-refractivity contribution >= 4 is 5.97 Å². The number of rotatable bonds is 5. The van der Waals surface area contributed by atoms with Crippen molar-refractivity contribution in [1.82, 2.24) is 10.1 Å². The number of hydrogen-bond donors (Lipinski definition) is 1. The van der Waals surface area contributed by atoms with Gasteiger partial charge in [-0.15, -0.1) is 0 Å². The van der Waals surface area contributed by atoms with Gasteiger partial charge in [-0.05, 0) is 12.1 Å². The first-order valence-corrected chi connectivity index (χ1v) is 5.57. The van der Waals surface area contributed by atoms with Gasteiger partial charge in [0.2, 0.25) is 0 Å². The number of carboxylic acid groups (broad SMARTS) is 1. The highest BCUT2D eigenvalue weighted by atomic mass is 19.1. The van der Waals surface area contributed by atoms with E-state index in [1.54, 1.807) is 0 Å². The van der Waals surface area contributed by atoms with Gasteiger partial charge in [0.25, 0.3) is 5.89 Å². The number of hydrogen-bond acceptors (Lipinski definition) is 5. The van der Waals surface area contributed by atoms with E-state index in [9.17, 15) is 9.18 Å². The van der Waals surface area contributed by atoms with E-state index >= 15 is 0 Å². The predicted octanol–water partition coefficient (Wildman–Crippen LogP) is 2.05. The fourth-order valence-corrected chi connectivity index (χ4v) is 1.42. The zero-order chi connectivity index (χ0) is 13.8. The fourth-order valence-electron chi connectivity index (χ4n) is 1.42. The summed E-state index contributed by atoms with van der Waals surface area (Å²) in [6.45, 7) is 1.75. The zero-order valence-corrected chi connectivity index (χ0v) is 10.1. The van der Waals surface area contributed by atoms with Crippen LogP contribution in [0.4, 0.5) is 4.39 Å². The monoisotopic (exact) mass is 266 g/mol. The van der Waals surface area contributed by atoms with Crippen molar-refractivity contribution in [3.8, 4) is 5.75 Å². The van der Waals surface area contributed by atoms with E-state index in [0.29, 0.717) is 12.2 Å². The van der Waals surface area contributed by atoms with E-state index in [-0.39, 0.29) is 23.8 Å². The Labute approximate surface area is 107 Å². The van der Waals surface area contributed by atoms with Crippen LogP contribution in [-0.4, -0.2) is 21.2 Å². The molecule has 0 bridgehead atoms. The summed E-state index contributed by atoms with van der Waals surface area (Å²) >= 11 is 0. The van der Waals surface area contributed by atoms with Gasteiger partial charge in [0.1, 0.15) is 17.1 Å². The standard InChI is InChI=1S/C12H11FN2O4/c1-2-10-14-11(19-15-10)6-18-9-5-7(13)3-4-8(9)12(16)17/h3-5H,2,6H2,1H3,(H,16,17). The molecule has 0 radical (unpaired) electrons. The van der Waals surface area contributed by atoms with Gasteiger partial charge in [-0.1, -0.05) is 12.1 Å². The molecule has 2 aromatic rings. The van der Waals surface area contributed by atoms with Gasteiger partial charge in [-0.25, -0.2) is 9.18 Å². The minimum atomic E-state index is -1.20. The molecule has 0 fully saturated rings. The molecule has 1 aromatic carbocycles. The lowest BCUT2D eigenvalue weighted by Gasteiger charge is -2.06. The Kier molecular flexibility index (Phi) is 3.74. The van der Waals surface area contributed by atoms with Crippen molar-refractivity contribution in [2.24, 2.45) is 0 Å². The lowest BCUT2D eigenvalue weighted by molar-refractivity contribution is 0.0691. The van der Waals surface area contributed by atoms with E-state index in [2.05, 4.69) is 10.1 Å². The van der Waals surface area contributed by atoms with Gasteiger partial charge in [0.05, 0.1) is 0 Å². The second kappa shape index (κ2) is 5.47. The van der Waals surface area contributed by atoms with Gasteiger partial charge in [0.15, 0.2) is 12.4 Å². The molecular formula is C12H11FN2O4. The molecule has 100 valence electrons. The molecule has 0 aliphatic heterocycles. The number of aromatic nitrogens is 2. The number of ether oxygens (including phenoxy) is 1. The number of aromatic carboxylic acids is 1. The molecule has 0 aliphatic carbocycles. The normalized spacial score (nSPS) is 10.4. The van der Waals surface area contributed by atoms with Crippen molar-refractivity contribution < 1.29 is 23.6 Å². The third-order valence-electron chi connectivity index (χ3n) is 2.35. The van der Waals surface area contributed by atoms with Crippen LogP contribution in [-0.2, 0) is 13.0 Å². The van der Waals surface area contributed by atoms with Crippen LogP contribution >= 0.6 is 0 Å². The molecular weight excluding hydrogens is 255 g/mol. The lowest BCUT2D eigenvalue weighted by Crippen LogP contribution is -2.04. The second-order valence-corrected chi connectivity index (χ2v) is 3.69. The predicted molar refractivity (Wildman–Crippen MR) is 61.4 cm³/mol. The number of aryl methyl sites for hydroxylation is 1. The SMILES string of the molecule is CCc1noc(COc2cc(F)ccc2C(=O)O)n1. The molecule has 2 rings (SSSR count). The molecule has 19 heavy (non-hydrogen) atoms. The summed E-state index contributed by atoms with van der Waals surface area (Å²) in [5, 5.41) is 12.6.